The van der Waals surface area contributed by atoms with Crippen LogP contribution < -0.4 is 10.6 Å². The van der Waals surface area contributed by atoms with Gasteiger partial charge in [0.15, 0.2) is 5.96 Å². The highest BCUT2D eigenvalue weighted by atomic mass is 19.4. The third-order valence-electron chi connectivity index (χ3n) is 4.28. The molecular formula is C15H28F3N3O. The molecule has 22 heavy (non-hydrogen) atoms. The second-order valence-electron chi connectivity index (χ2n) is 6.02. The fourth-order valence-corrected chi connectivity index (χ4v) is 2.66. The molecule has 4 nitrogen and oxygen atoms in total. The number of alkyl halides is 3. The van der Waals surface area contributed by atoms with E-state index in [0.29, 0.717) is 18.9 Å². The highest BCUT2D eigenvalue weighted by Gasteiger charge is 2.36. The number of aliphatic imine (C=N–C) groups is 1. The summed E-state index contributed by atoms with van der Waals surface area (Å²) in [6.45, 7) is 2.09. The third-order valence-corrected chi connectivity index (χ3v) is 4.28. The molecule has 1 aliphatic carbocycles. The predicted molar refractivity (Wildman–Crippen MR) is 82.0 cm³/mol. The van der Waals surface area contributed by atoms with E-state index in [0.717, 1.165) is 19.6 Å². The number of hydrogen-bond acceptors (Lipinski definition) is 2. The summed E-state index contributed by atoms with van der Waals surface area (Å²) in [7, 11) is 3.38. The van der Waals surface area contributed by atoms with E-state index in [1.165, 1.54) is 19.3 Å². The Balaban J connectivity index is 2.19. The maximum atomic E-state index is 12.0. The van der Waals surface area contributed by atoms with Gasteiger partial charge in [-0.3, -0.25) is 4.99 Å². The number of nitrogens with one attached hydrogen (secondary N) is 2. The van der Waals surface area contributed by atoms with Gasteiger partial charge in [0.1, 0.15) is 0 Å². The highest BCUT2D eigenvalue weighted by molar-refractivity contribution is 5.79. The molecule has 7 heteroatoms. The van der Waals surface area contributed by atoms with Crippen molar-refractivity contribution < 1.29 is 17.9 Å². The first-order valence-electron chi connectivity index (χ1n) is 7.91. The molecule has 1 saturated carbocycles. The van der Waals surface area contributed by atoms with E-state index in [4.69, 9.17) is 4.74 Å². The highest BCUT2D eigenvalue weighted by Crippen LogP contribution is 2.43. The van der Waals surface area contributed by atoms with E-state index in [-0.39, 0.29) is 11.8 Å². The van der Waals surface area contributed by atoms with Crippen LogP contribution in [0, 0.1) is 5.41 Å². The molecule has 0 aromatic heterocycles. The van der Waals surface area contributed by atoms with Crippen LogP contribution in [0.5, 0.6) is 0 Å². The third kappa shape index (κ3) is 7.33. The standard InChI is InChI=1S/C15H28F3N3O/c1-19-13(20-10-4-3-8-15(16,17)18)21-12-14(6-5-7-14)9-11-22-2/h3-12H2,1-2H3,(H2,19,20,21). The average molecular weight is 323 g/mol. The number of guanidine groups is 1. The molecule has 0 bridgehead atoms. The van der Waals surface area contributed by atoms with Gasteiger partial charge in [-0.15, -0.1) is 0 Å². The Morgan fingerprint density at radius 2 is 1.95 bits per heavy atom. The summed E-state index contributed by atoms with van der Waals surface area (Å²) in [6, 6.07) is 0. The quantitative estimate of drug-likeness (QED) is 0.389. The molecule has 2 N–H and O–H groups in total. The monoisotopic (exact) mass is 323 g/mol. The normalized spacial score (nSPS) is 18.0. The number of ether oxygens (including phenoxy) is 1. The van der Waals surface area contributed by atoms with Gasteiger partial charge < -0.3 is 15.4 Å². The first-order valence-corrected chi connectivity index (χ1v) is 7.91. The molecule has 0 aromatic rings. The number of rotatable bonds is 9. The Bertz CT molecular complexity index is 341. The van der Waals surface area contributed by atoms with Gasteiger partial charge in [-0.25, -0.2) is 0 Å². The van der Waals surface area contributed by atoms with E-state index in [2.05, 4.69) is 15.6 Å². The van der Waals surface area contributed by atoms with Crippen molar-refractivity contribution in [1.29, 1.82) is 0 Å². The van der Waals surface area contributed by atoms with Crippen molar-refractivity contribution in [3.63, 3.8) is 0 Å². The van der Waals surface area contributed by atoms with Crippen LogP contribution in [0.15, 0.2) is 4.99 Å². The molecule has 0 amide bonds. The van der Waals surface area contributed by atoms with Crippen LogP contribution in [-0.4, -0.2) is 46.0 Å². The van der Waals surface area contributed by atoms with Crippen LogP contribution in [-0.2, 0) is 4.74 Å². The maximum Gasteiger partial charge on any atom is 0.389 e. The number of halogens is 3. The molecule has 130 valence electrons. The van der Waals surface area contributed by atoms with Crippen molar-refractivity contribution in [2.75, 3.05) is 33.9 Å². The minimum absolute atomic E-state index is 0.144. The maximum absolute atomic E-state index is 12.0. The lowest BCUT2D eigenvalue weighted by Crippen LogP contribution is -2.47. The number of nitrogens with zero attached hydrogens (tertiary/aromatic N) is 1. The van der Waals surface area contributed by atoms with Gasteiger partial charge in [0, 0.05) is 40.3 Å². The average Bonchev–Trinajstić information content (AvgIpc) is 2.41. The molecule has 0 saturated heterocycles. The molecular weight excluding hydrogens is 295 g/mol. The van der Waals surface area contributed by atoms with E-state index in [1.54, 1.807) is 14.2 Å². The molecule has 0 aliphatic heterocycles. The van der Waals surface area contributed by atoms with Crippen molar-refractivity contribution in [2.24, 2.45) is 10.4 Å². The molecule has 1 fully saturated rings. The zero-order chi connectivity index (χ0) is 16.5. The van der Waals surface area contributed by atoms with Gasteiger partial charge in [-0.1, -0.05) is 6.42 Å². The zero-order valence-corrected chi connectivity index (χ0v) is 13.6. The van der Waals surface area contributed by atoms with Crippen molar-refractivity contribution in [2.45, 2.75) is 51.1 Å². The topological polar surface area (TPSA) is 45.7 Å². The summed E-state index contributed by atoms with van der Waals surface area (Å²) < 4.78 is 41.3. The van der Waals surface area contributed by atoms with E-state index in [9.17, 15) is 13.2 Å². The van der Waals surface area contributed by atoms with Gasteiger partial charge in [-0.2, -0.15) is 13.2 Å². The second-order valence-corrected chi connectivity index (χ2v) is 6.02. The fraction of sp³-hybridized carbons (Fsp3) is 0.933. The Kier molecular flexibility index (Phi) is 8.00. The molecule has 0 spiro atoms. The zero-order valence-electron chi connectivity index (χ0n) is 13.6. The number of hydrogen-bond donors (Lipinski definition) is 2. The van der Waals surface area contributed by atoms with Crippen molar-refractivity contribution in [1.82, 2.24) is 10.6 Å². The summed E-state index contributed by atoms with van der Waals surface area (Å²) in [5.74, 6) is 0.663. The lowest BCUT2D eigenvalue weighted by molar-refractivity contribution is -0.135. The van der Waals surface area contributed by atoms with Gasteiger partial charge in [-0.05, 0) is 37.5 Å². The largest absolute Gasteiger partial charge is 0.389 e. The first-order chi connectivity index (χ1) is 10.4. The van der Waals surface area contributed by atoms with Crippen LogP contribution in [0.1, 0.15) is 44.9 Å². The van der Waals surface area contributed by atoms with Crippen molar-refractivity contribution in [3.8, 4) is 0 Å². The van der Waals surface area contributed by atoms with Crippen LogP contribution >= 0.6 is 0 Å². The molecule has 0 unspecified atom stereocenters. The van der Waals surface area contributed by atoms with E-state index >= 15 is 0 Å². The number of methoxy groups -OCH3 is 1. The molecule has 0 radical (unpaired) electrons. The minimum atomic E-state index is -4.06. The lowest BCUT2D eigenvalue weighted by Gasteiger charge is -2.42. The van der Waals surface area contributed by atoms with Crippen molar-refractivity contribution in [3.05, 3.63) is 0 Å². The molecule has 0 heterocycles. The molecule has 0 atom stereocenters. The summed E-state index contributed by atoms with van der Waals surface area (Å²) in [5.41, 5.74) is 0.282. The van der Waals surface area contributed by atoms with Gasteiger partial charge >= 0.3 is 6.18 Å². The summed E-state index contributed by atoms with van der Waals surface area (Å²) >= 11 is 0. The molecule has 1 aliphatic rings. The van der Waals surface area contributed by atoms with Gasteiger partial charge in [0.05, 0.1) is 0 Å². The van der Waals surface area contributed by atoms with Gasteiger partial charge in [0.25, 0.3) is 0 Å². The van der Waals surface area contributed by atoms with E-state index in [1.807, 2.05) is 0 Å². The smallest absolute Gasteiger partial charge is 0.385 e. The van der Waals surface area contributed by atoms with Crippen LogP contribution in [0.3, 0.4) is 0 Å². The lowest BCUT2D eigenvalue weighted by atomic mass is 9.67. The summed E-state index contributed by atoms with van der Waals surface area (Å²) in [6.07, 6.45) is 0.491. The fourth-order valence-electron chi connectivity index (χ4n) is 2.66. The summed E-state index contributed by atoms with van der Waals surface area (Å²) in [5, 5.41) is 6.36. The van der Waals surface area contributed by atoms with Gasteiger partial charge in [0.2, 0.25) is 0 Å². The Hall–Kier alpha value is -0.980. The van der Waals surface area contributed by atoms with Crippen LogP contribution in [0.25, 0.3) is 0 Å². The summed E-state index contributed by atoms with van der Waals surface area (Å²) in [4.78, 5) is 4.12. The second kappa shape index (κ2) is 9.22. The molecule has 1 rings (SSSR count). The Labute approximate surface area is 130 Å². The molecule has 0 aromatic carbocycles. The predicted octanol–water partition coefficient (Wildman–Crippen LogP) is 3.09. The Morgan fingerprint density at radius 1 is 1.23 bits per heavy atom. The van der Waals surface area contributed by atoms with Crippen LogP contribution in [0.4, 0.5) is 13.2 Å². The Morgan fingerprint density at radius 3 is 2.45 bits per heavy atom. The van der Waals surface area contributed by atoms with E-state index < -0.39 is 12.6 Å². The SMILES string of the molecule is CN=C(NCCCCC(F)(F)F)NCC1(CCOC)CCC1. The van der Waals surface area contributed by atoms with Crippen molar-refractivity contribution >= 4 is 5.96 Å². The van der Waals surface area contributed by atoms with Crippen LogP contribution in [0.2, 0.25) is 0 Å². The minimum Gasteiger partial charge on any atom is -0.385 e. The first kappa shape index (κ1) is 19.1. The number of unbranched alkanes of at least 4 members (excludes halogenated alkanes) is 1.